The van der Waals surface area contributed by atoms with E-state index in [0.29, 0.717) is 22.5 Å². The number of amides is 1. The Bertz CT molecular complexity index is 516. The predicted octanol–water partition coefficient (Wildman–Crippen LogP) is 3.02. The highest BCUT2D eigenvalue weighted by Gasteiger charge is 2.17. The molecule has 0 fully saturated rings. The fourth-order valence-electron chi connectivity index (χ4n) is 2.15. The van der Waals surface area contributed by atoms with Crippen molar-refractivity contribution in [3.8, 4) is 5.75 Å². The maximum absolute atomic E-state index is 12.0. The zero-order valence-corrected chi connectivity index (χ0v) is 13.7. The van der Waals surface area contributed by atoms with Gasteiger partial charge in [0.15, 0.2) is 0 Å². The summed E-state index contributed by atoms with van der Waals surface area (Å²) in [5, 5.41) is 21.2. The van der Waals surface area contributed by atoms with Crippen molar-refractivity contribution < 1.29 is 19.8 Å². The van der Waals surface area contributed by atoms with E-state index in [1.807, 2.05) is 13.8 Å². The van der Waals surface area contributed by atoms with Crippen LogP contribution in [0, 0.1) is 11.8 Å². The molecule has 0 bridgehead atoms. The van der Waals surface area contributed by atoms with Crippen LogP contribution in [-0.4, -0.2) is 28.6 Å². The van der Waals surface area contributed by atoms with E-state index in [2.05, 4.69) is 21.2 Å². The molecule has 6 heteroatoms. The Labute approximate surface area is 132 Å². The lowest BCUT2D eigenvalue weighted by Crippen LogP contribution is -2.31. The average Bonchev–Trinajstić information content (AvgIpc) is 2.37. The molecule has 116 valence electrons. The van der Waals surface area contributed by atoms with Gasteiger partial charge in [-0.2, -0.15) is 0 Å². The minimum absolute atomic E-state index is 0.00748. The first kappa shape index (κ1) is 17.5. The number of benzene rings is 1. The lowest BCUT2D eigenvalue weighted by molar-refractivity contribution is -0.138. The molecule has 0 radical (unpaired) electrons. The topological polar surface area (TPSA) is 86.6 Å². The molecule has 3 N–H and O–H groups in total. The molecule has 0 aliphatic carbocycles. The molecule has 0 aromatic heterocycles. The summed E-state index contributed by atoms with van der Waals surface area (Å²) in [5.41, 5.74) is 0.342. The summed E-state index contributed by atoms with van der Waals surface area (Å²) >= 11 is 3.15. The highest BCUT2D eigenvalue weighted by Crippen LogP contribution is 2.24. The van der Waals surface area contributed by atoms with Crippen molar-refractivity contribution in [2.75, 3.05) is 6.54 Å². The molecule has 5 nitrogen and oxygen atoms in total. The van der Waals surface area contributed by atoms with Crippen LogP contribution >= 0.6 is 15.9 Å². The highest BCUT2D eigenvalue weighted by atomic mass is 79.9. The van der Waals surface area contributed by atoms with Gasteiger partial charge in [-0.15, -0.1) is 0 Å². The normalized spacial score (nSPS) is 12.2. The van der Waals surface area contributed by atoms with Crippen molar-refractivity contribution in [3.05, 3.63) is 28.2 Å². The van der Waals surface area contributed by atoms with Crippen LogP contribution in [-0.2, 0) is 4.79 Å². The van der Waals surface area contributed by atoms with E-state index >= 15 is 0 Å². The van der Waals surface area contributed by atoms with Crippen LogP contribution in [0.1, 0.15) is 37.0 Å². The number of aromatic hydroxyl groups is 1. The molecule has 0 saturated carbocycles. The molecule has 0 saturated heterocycles. The van der Waals surface area contributed by atoms with Gasteiger partial charge in [-0.1, -0.05) is 13.8 Å². The van der Waals surface area contributed by atoms with Crippen LogP contribution in [0.15, 0.2) is 22.7 Å². The fourth-order valence-corrected chi connectivity index (χ4v) is 2.39. The first-order chi connectivity index (χ1) is 9.79. The van der Waals surface area contributed by atoms with E-state index in [9.17, 15) is 14.7 Å². The number of phenolic OH excluding ortho intramolecular Hbond substituents is 1. The first-order valence-corrected chi connectivity index (χ1v) is 7.57. The monoisotopic (exact) mass is 357 g/mol. The quantitative estimate of drug-likeness (QED) is 0.699. The van der Waals surface area contributed by atoms with E-state index in [1.54, 1.807) is 12.1 Å². The lowest BCUT2D eigenvalue weighted by Gasteiger charge is -2.17. The standard InChI is InChI=1S/C15H20BrNO4/c1-9(2)5-10(6-14(19)20)8-17-15(21)11-3-4-12(16)13(18)7-11/h3-4,7,9-10,18H,5-6,8H2,1-2H3,(H,17,21)(H,19,20)/t10-/m0/s1. The molecule has 1 aromatic rings. The molecule has 0 spiro atoms. The summed E-state index contributed by atoms with van der Waals surface area (Å²) in [6.45, 7) is 4.34. The summed E-state index contributed by atoms with van der Waals surface area (Å²) in [5.74, 6) is -0.932. The minimum Gasteiger partial charge on any atom is -0.507 e. The zero-order valence-electron chi connectivity index (χ0n) is 12.1. The van der Waals surface area contributed by atoms with Gasteiger partial charge in [0, 0.05) is 18.5 Å². The smallest absolute Gasteiger partial charge is 0.303 e. The number of phenols is 1. The van der Waals surface area contributed by atoms with Crippen LogP contribution in [0.4, 0.5) is 0 Å². The number of carboxylic acid groups (broad SMARTS) is 1. The average molecular weight is 358 g/mol. The minimum atomic E-state index is -0.865. The molecule has 1 aromatic carbocycles. The van der Waals surface area contributed by atoms with Crippen molar-refractivity contribution in [1.29, 1.82) is 0 Å². The molecule has 21 heavy (non-hydrogen) atoms. The predicted molar refractivity (Wildman–Crippen MR) is 83.3 cm³/mol. The Balaban J connectivity index is 2.63. The maximum atomic E-state index is 12.0. The number of rotatable bonds is 7. The molecule has 1 amide bonds. The number of hydrogen-bond acceptors (Lipinski definition) is 3. The molecule has 1 atom stereocenters. The Morgan fingerprint density at radius 3 is 2.52 bits per heavy atom. The molecular weight excluding hydrogens is 338 g/mol. The van der Waals surface area contributed by atoms with Gasteiger partial charge in [-0.3, -0.25) is 9.59 Å². The Morgan fingerprint density at radius 1 is 1.33 bits per heavy atom. The molecule has 0 unspecified atom stereocenters. The number of carboxylic acids is 1. The Kier molecular flexibility index (Phi) is 6.68. The van der Waals surface area contributed by atoms with Gasteiger partial charge in [0.2, 0.25) is 0 Å². The van der Waals surface area contributed by atoms with Crippen LogP contribution < -0.4 is 5.32 Å². The van der Waals surface area contributed by atoms with Gasteiger partial charge >= 0.3 is 5.97 Å². The van der Waals surface area contributed by atoms with Crippen molar-refractivity contribution in [2.45, 2.75) is 26.7 Å². The van der Waals surface area contributed by atoms with Gasteiger partial charge in [0.25, 0.3) is 5.91 Å². The SMILES string of the molecule is CC(C)C[C@H](CNC(=O)c1ccc(Br)c(O)c1)CC(=O)O. The lowest BCUT2D eigenvalue weighted by atomic mass is 9.94. The third kappa shape index (κ3) is 6.16. The maximum Gasteiger partial charge on any atom is 0.303 e. The molecule has 1 rings (SSSR count). The van der Waals surface area contributed by atoms with Gasteiger partial charge in [-0.05, 0) is 52.4 Å². The van der Waals surface area contributed by atoms with E-state index in [-0.39, 0.29) is 24.0 Å². The number of aliphatic carboxylic acids is 1. The third-order valence-electron chi connectivity index (χ3n) is 3.03. The second-order valence-electron chi connectivity index (χ2n) is 5.47. The molecule has 0 aliphatic heterocycles. The summed E-state index contributed by atoms with van der Waals surface area (Å²) in [7, 11) is 0. The van der Waals surface area contributed by atoms with Crippen LogP contribution in [0.2, 0.25) is 0 Å². The van der Waals surface area contributed by atoms with E-state index in [1.165, 1.54) is 6.07 Å². The highest BCUT2D eigenvalue weighted by molar-refractivity contribution is 9.10. The summed E-state index contributed by atoms with van der Waals surface area (Å²) in [6, 6.07) is 4.55. The second-order valence-corrected chi connectivity index (χ2v) is 6.32. The zero-order chi connectivity index (χ0) is 16.0. The molecule has 0 aliphatic rings. The van der Waals surface area contributed by atoms with Crippen molar-refractivity contribution in [3.63, 3.8) is 0 Å². The van der Waals surface area contributed by atoms with Crippen molar-refractivity contribution in [2.24, 2.45) is 11.8 Å². The third-order valence-corrected chi connectivity index (χ3v) is 3.70. The van der Waals surface area contributed by atoms with Gasteiger partial charge in [-0.25, -0.2) is 0 Å². The number of nitrogens with one attached hydrogen (secondary N) is 1. The number of carbonyl (C=O) groups excluding carboxylic acids is 1. The van der Waals surface area contributed by atoms with Gasteiger partial charge in [0.05, 0.1) is 4.47 Å². The van der Waals surface area contributed by atoms with Gasteiger partial charge in [0.1, 0.15) is 5.75 Å². The van der Waals surface area contributed by atoms with Crippen molar-refractivity contribution >= 4 is 27.8 Å². The van der Waals surface area contributed by atoms with Crippen molar-refractivity contribution in [1.82, 2.24) is 5.32 Å². The van der Waals surface area contributed by atoms with E-state index in [0.717, 1.165) is 6.42 Å². The van der Waals surface area contributed by atoms with E-state index in [4.69, 9.17) is 5.11 Å². The molecular formula is C15H20BrNO4. The summed E-state index contributed by atoms with van der Waals surface area (Å²) < 4.78 is 0.516. The molecule has 0 heterocycles. The largest absolute Gasteiger partial charge is 0.507 e. The van der Waals surface area contributed by atoms with E-state index < -0.39 is 5.97 Å². The fraction of sp³-hybridized carbons (Fsp3) is 0.467. The van der Waals surface area contributed by atoms with Gasteiger partial charge < -0.3 is 15.5 Å². The van der Waals surface area contributed by atoms with Crippen LogP contribution in [0.25, 0.3) is 0 Å². The number of halogens is 1. The Morgan fingerprint density at radius 2 is 2.00 bits per heavy atom. The summed E-state index contributed by atoms with van der Waals surface area (Å²) in [6.07, 6.45) is 0.766. The summed E-state index contributed by atoms with van der Waals surface area (Å²) in [4.78, 5) is 22.8. The van der Waals surface area contributed by atoms with Crippen LogP contribution in [0.5, 0.6) is 5.75 Å². The number of carbonyl (C=O) groups is 2. The first-order valence-electron chi connectivity index (χ1n) is 6.78. The van der Waals surface area contributed by atoms with Crippen LogP contribution in [0.3, 0.4) is 0 Å². The number of hydrogen-bond donors (Lipinski definition) is 3. The Hall–Kier alpha value is -1.56. The second kappa shape index (κ2) is 8.02.